The number of fused-ring (bicyclic) bond motifs is 1. The number of benzene rings is 1. The first-order valence-corrected chi connectivity index (χ1v) is 8.21. The van der Waals surface area contributed by atoms with Gasteiger partial charge in [0.25, 0.3) is 0 Å². The second-order valence-electron chi connectivity index (χ2n) is 5.34. The number of thioether (sulfide) groups is 1. The maximum Gasteiger partial charge on any atom is 0.133 e. The van der Waals surface area contributed by atoms with Crippen LogP contribution < -0.4 is 10.1 Å². The Kier molecular flexibility index (Phi) is 3.74. The van der Waals surface area contributed by atoms with Crippen LogP contribution in [0, 0.1) is 0 Å². The molecule has 0 radical (unpaired) electrons. The SMILES string of the molecule is COc1ccc2c(NCC3(SC)CCC3)nccc2c1. The molecular weight excluding hydrogens is 268 g/mol. The van der Waals surface area contributed by atoms with Gasteiger partial charge in [-0.1, -0.05) is 6.42 Å². The van der Waals surface area contributed by atoms with Crippen LogP contribution in [0.3, 0.4) is 0 Å². The van der Waals surface area contributed by atoms with Crippen LogP contribution in [-0.4, -0.2) is 29.6 Å². The van der Waals surface area contributed by atoms with Crippen molar-refractivity contribution in [2.45, 2.75) is 24.0 Å². The zero-order valence-electron chi connectivity index (χ0n) is 12.0. The van der Waals surface area contributed by atoms with E-state index in [0.29, 0.717) is 4.75 Å². The van der Waals surface area contributed by atoms with E-state index in [-0.39, 0.29) is 0 Å². The largest absolute Gasteiger partial charge is 0.497 e. The highest BCUT2D eigenvalue weighted by molar-refractivity contribution is 8.00. The smallest absolute Gasteiger partial charge is 0.133 e. The number of pyridine rings is 1. The Hall–Kier alpha value is -1.42. The Morgan fingerprint density at radius 3 is 2.85 bits per heavy atom. The molecule has 1 heterocycles. The zero-order chi connectivity index (χ0) is 14.0. The van der Waals surface area contributed by atoms with E-state index in [4.69, 9.17) is 4.74 Å². The van der Waals surface area contributed by atoms with Crippen molar-refractivity contribution >= 4 is 28.4 Å². The van der Waals surface area contributed by atoms with Crippen molar-refractivity contribution in [2.75, 3.05) is 25.2 Å². The molecule has 1 aromatic heterocycles. The van der Waals surface area contributed by atoms with Crippen LogP contribution in [0.5, 0.6) is 5.75 Å². The first-order chi connectivity index (χ1) is 9.76. The standard InChI is InChI=1S/C16H20N2OS/c1-19-13-4-5-14-12(10-13)6-9-17-15(14)18-11-16(20-2)7-3-8-16/h4-6,9-10H,3,7-8,11H2,1-2H3,(H,17,18). The van der Waals surface area contributed by atoms with Crippen LogP contribution in [0.15, 0.2) is 30.5 Å². The van der Waals surface area contributed by atoms with Crippen LogP contribution in [0.25, 0.3) is 10.8 Å². The third-order valence-electron chi connectivity index (χ3n) is 4.25. The average molecular weight is 288 g/mol. The summed E-state index contributed by atoms with van der Waals surface area (Å²) in [6.45, 7) is 0.992. The predicted molar refractivity (Wildman–Crippen MR) is 86.9 cm³/mol. The van der Waals surface area contributed by atoms with E-state index in [1.165, 1.54) is 19.3 Å². The molecule has 106 valence electrons. The van der Waals surface area contributed by atoms with Crippen molar-refractivity contribution in [2.24, 2.45) is 0 Å². The molecule has 0 saturated heterocycles. The van der Waals surface area contributed by atoms with E-state index in [0.717, 1.165) is 28.9 Å². The Morgan fingerprint density at radius 1 is 1.35 bits per heavy atom. The van der Waals surface area contributed by atoms with Gasteiger partial charge >= 0.3 is 0 Å². The highest BCUT2D eigenvalue weighted by Gasteiger charge is 2.35. The van der Waals surface area contributed by atoms with Crippen LogP contribution in [0.2, 0.25) is 0 Å². The molecule has 0 aliphatic heterocycles. The van der Waals surface area contributed by atoms with Gasteiger partial charge in [0.15, 0.2) is 0 Å². The van der Waals surface area contributed by atoms with Crippen molar-refractivity contribution in [3.8, 4) is 5.75 Å². The Labute approximate surface area is 124 Å². The number of hydrogen-bond donors (Lipinski definition) is 1. The van der Waals surface area contributed by atoms with Gasteiger partial charge < -0.3 is 10.1 Å². The summed E-state index contributed by atoms with van der Waals surface area (Å²) in [4.78, 5) is 4.50. The lowest BCUT2D eigenvalue weighted by Crippen LogP contribution is -2.40. The van der Waals surface area contributed by atoms with E-state index in [1.807, 2.05) is 30.1 Å². The number of aromatic nitrogens is 1. The summed E-state index contributed by atoms with van der Waals surface area (Å²) >= 11 is 1.98. The molecule has 20 heavy (non-hydrogen) atoms. The molecule has 3 rings (SSSR count). The van der Waals surface area contributed by atoms with Gasteiger partial charge in [0.05, 0.1) is 7.11 Å². The third-order valence-corrected chi connectivity index (χ3v) is 5.67. The molecule has 1 fully saturated rings. The van der Waals surface area contributed by atoms with Gasteiger partial charge in [0.2, 0.25) is 0 Å². The molecule has 1 saturated carbocycles. The Balaban J connectivity index is 1.84. The number of ether oxygens (including phenoxy) is 1. The maximum absolute atomic E-state index is 5.28. The summed E-state index contributed by atoms with van der Waals surface area (Å²) in [5, 5.41) is 5.86. The summed E-state index contributed by atoms with van der Waals surface area (Å²) < 4.78 is 5.69. The fourth-order valence-corrected chi connectivity index (χ4v) is 3.61. The highest BCUT2D eigenvalue weighted by atomic mass is 32.2. The average Bonchev–Trinajstić information content (AvgIpc) is 2.46. The monoisotopic (exact) mass is 288 g/mol. The second-order valence-corrected chi connectivity index (χ2v) is 6.62. The number of nitrogens with one attached hydrogen (secondary N) is 1. The topological polar surface area (TPSA) is 34.1 Å². The molecule has 0 unspecified atom stereocenters. The number of nitrogens with zero attached hydrogens (tertiary/aromatic N) is 1. The van der Waals surface area contributed by atoms with Crippen LogP contribution in [0.1, 0.15) is 19.3 Å². The van der Waals surface area contributed by atoms with Gasteiger partial charge in [-0.25, -0.2) is 4.98 Å². The molecule has 0 spiro atoms. The first kappa shape index (κ1) is 13.6. The number of methoxy groups -OCH3 is 1. The molecule has 0 bridgehead atoms. The van der Waals surface area contributed by atoms with Crippen molar-refractivity contribution in [1.82, 2.24) is 4.98 Å². The summed E-state index contributed by atoms with van der Waals surface area (Å²) in [6, 6.07) is 8.14. The minimum Gasteiger partial charge on any atom is -0.497 e. The lowest BCUT2D eigenvalue weighted by atomic mass is 9.84. The number of rotatable bonds is 5. The summed E-state index contributed by atoms with van der Waals surface area (Å²) in [5.74, 6) is 1.86. The molecule has 3 nitrogen and oxygen atoms in total. The first-order valence-electron chi connectivity index (χ1n) is 6.98. The van der Waals surface area contributed by atoms with Crippen LogP contribution >= 0.6 is 11.8 Å². The van der Waals surface area contributed by atoms with Crippen molar-refractivity contribution in [3.05, 3.63) is 30.5 Å². The van der Waals surface area contributed by atoms with E-state index in [2.05, 4.69) is 28.7 Å². The molecule has 4 heteroatoms. The molecule has 0 amide bonds. The van der Waals surface area contributed by atoms with Crippen molar-refractivity contribution < 1.29 is 4.74 Å². The van der Waals surface area contributed by atoms with E-state index < -0.39 is 0 Å². The normalized spacial score (nSPS) is 16.7. The second kappa shape index (κ2) is 5.52. The zero-order valence-corrected chi connectivity index (χ0v) is 12.8. The van der Waals surface area contributed by atoms with Gasteiger partial charge in [0.1, 0.15) is 11.6 Å². The van der Waals surface area contributed by atoms with Crippen molar-refractivity contribution in [1.29, 1.82) is 0 Å². The van der Waals surface area contributed by atoms with Crippen LogP contribution in [-0.2, 0) is 0 Å². The van der Waals surface area contributed by atoms with Gasteiger partial charge in [-0.2, -0.15) is 11.8 Å². The third kappa shape index (κ3) is 2.44. The van der Waals surface area contributed by atoms with E-state index >= 15 is 0 Å². The Bertz CT molecular complexity index is 605. The molecule has 2 aromatic rings. The number of hydrogen-bond acceptors (Lipinski definition) is 4. The predicted octanol–water partition coefficient (Wildman–Crippen LogP) is 3.94. The fourth-order valence-electron chi connectivity index (χ4n) is 2.69. The molecule has 1 N–H and O–H groups in total. The van der Waals surface area contributed by atoms with Gasteiger partial charge in [-0.3, -0.25) is 0 Å². The molecule has 1 aliphatic carbocycles. The van der Waals surface area contributed by atoms with Crippen molar-refractivity contribution in [3.63, 3.8) is 0 Å². The fraction of sp³-hybridized carbons (Fsp3) is 0.438. The Morgan fingerprint density at radius 2 is 2.20 bits per heavy atom. The van der Waals surface area contributed by atoms with E-state index in [1.54, 1.807) is 7.11 Å². The van der Waals surface area contributed by atoms with Gasteiger partial charge in [-0.05, 0) is 48.7 Å². The van der Waals surface area contributed by atoms with Gasteiger partial charge in [-0.15, -0.1) is 0 Å². The quantitative estimate of drug-likeness (QED) is 0.903. The maximum atomic E-state index is 5.28. The molecule has 1 aliphatic rings. The summed E-state index contributed by atoms with van der Waals surface area (Å²) in [5.41, 5.74) is 0. The number of anilines is 1. The van der Waals surface area contributed by atoms with Gasteiger partial charge in [0, 0.05) is 22.9 Å². The minimum absolute atomic E-state index is 0.413. The highest BCUT2D eigenvalue weighted by Crippen LogP contribution is 2.42. The lowest BCUT2D eigenvalue weighted by molar-refractivity contribution is 0.379. The van der Waals surface area contributed by atoms with Crippen LogP contribution in [0.4, 0.5) is 5.82 Å². The summed E-state index contributed by atoms with van der Waals surface area (Å²) in [7, 11) is 1.69. The lowest BCUT2D eigenvalue weighted by Gasteiger charge is -2.40. The molecule has 0 atom stereocenters. The molecule has 1 aromatic carbocycles. The summed E-state index contributed by atoms with van der Waals surface area (Å²) in [6.07, 6.45) is 8.03. The minimum atomic E-state index is 0.413. The van der Waals surface area contributed by atoms with E-state index in [9.17, 15) is 0 Å². The molecular formula is C16H20N2OS.